The third-order valence-corrected chi connectivity index (χ3v) is 5.50. The van der Waals surface area contributed by atoms with Gasteiger partial charge in [-0.15, -0.1) is 0 Å². The summed E-state index contributed by atoms with van der Waals surface area (Å²) >= 11 is 0. The highest BCUT2D eigenvalue weighted by atomic mass is 16.3. The lowest BCUT2D eigenvalue weighted by molar-refractivity contribution is -0.128. The summed E-state index contributed by atoms with van der Waals surface area (Å²) in [4.78, 5) is 28.3. The molecular formula is C19H22N2O3. The van der Waals surface area contributed by atoms with Crippen molar-refractivity contribution in [3.63, 3.8) is 0 Å². The lowest BCUT2D eigenvalue weighted by Gasteiger charge is -2.20. The predicted molar refractivity (Wildman–Crippen MR) is 90.7 cm³/mol. The smallest absolute Gasteiger partial charge is 0.257 e. The second-order valence-corrected chi connectivity index (χ2v) is 6.99. The van der Waals surface area contributed by atoms with Crippen molar-refractivity contribution in [3.8, 4) is 0 Å². The number of fused-ring (bicyclic) bond motifs is 2. The van der Waals surface area contributed by atoms with Gasteiger partial charge in [-0.3, -0.25) is 9.59 Å². The van der Waals surface area contributed by atoms with Crippen molar-refractivity contribution in [1.82, 2.24) is 9.80 Å². The van der Waals surface area contributed by atoms with Crippen molar-refractivity contribution in [2.24, 2.45) is 11.8 Å². The maximum absolute atomic E-state index is 13.0. The molecular weight excluding hydrogens is 304 g/mol. The van der Waals surface area contributed by atoms with Crippen LogP contribution in [0.1, 0.15) is 29.8 Å². The molecule has 0 aliphatic carbocycles. The minimum Gasteiger partial charge on any atom is -0.463 e. The maximum Gasteiger partial charge on any atom is 0.257 e. The highest BCUT2D eigenvalue weighted by molar-refractivity contribution is 6.06. The summed E-state index contributed by atoms with van der Waals surface area (Å²) in [7, 11) is 0. The molecule has 0 radical (unpaired) electrons. The van der Waals surface area contributed by atoms with Crippen molar-refractivity contribution < 1.29 is 14.0 Å². The van der Waals surface area contributed by atoms with Crippen LogP contribution < -0.4 is 0 Å². The fraction of sp³-hybridized carbons (Fsp3) is 0.474. The Kier molecular flexibility index (Phi) is 3.59. The van der Waals surface area contributed by atoms with Crippen molar-refractivity contribution >= 4 is 22.8 Å². The first-order valence-electron chi connectivity index (χ1n) is 8.61. The molecule has 2 fully saturated rings. The monoisotopic (exact) mass is 326 g/mol. The first-order valence-corrected chi connectivity index (χ1v) is 8.61. The van der Waals surface area contributed by atoms with E-state index in [0.717, 1.165) is 43.6 Å². The van der Waals surface area contributed by atoms with Gasteiger partial charge in [0.25, 0.3) is 5.91 Å². The molecule has 5 nitrogen and oxygen atoms in total. The summed E-state index contributed by atoms with van der Waals surface area (Å²) in [5.41, 5.74) is 2.62. The summed E-state index contributed by atoms with van der Waals surface area (Å²) in [6, 6.07) is 6.03. The molecule has 3 heterocycles. The third kappa shape index (κ3) is 2.39. The fourth-order valence-corrected chi connectivity index (χ4v) is 4.05. The summed E-state index contributed by atoms with van der Waals surface area (Å²) in [6.07, 6.45) is 2.52. The molecule has 2 atom stereocenters. The second-order valence-electron chi connectivity index (χ2n) is 6.99. The first-order chi connectivity index (χ1) is 11.6. The van der Waals surface area contributed by atoms with E-state index in [4.69, 9.17) is 4.42 Å². The van der Waals surface area contributed by atoms with Gasteiger partial charge >= 0.3 is 0 Å². The number of rotatable bonds is 2. The highest BCUT2D eigenvalue weighted by Gasteiger charge is 2.42. The molecule has 0 saturated carbocycles. The Balaban J connectivity index is 1.55. The molecule has 2 amide bonds. The van der Waals surface area contributed by atoms with Gasteiger partial charge in [-0.25, -0.2) is 0 Å². The number of furan rings is 1. The van der Waals surface area contributed by atoms with Crippen LogP contribution in [0, 0.1) is 11.8 Å². The van der Waals surface area contributed by atoms with Crippen LogP contribution in [0.5, 0.6) is 0 Å². The van der Waals surface area contributed by atoms with Gasteiger partial charge in [0.05, 0.1) is 5.56 Å². The lowest BCUT2D eigenvalue weighted by atomic mass is 10.0. The van der Waals surface area contributed by atoms with Crippen molar-refractivity contribution in [1.29, 1.82) is 0 Å². The molecule has 0 spiro atoms. The maximum atomic E-state index is 13.0. The molecule has 2 aliphatic heterocycles. The number of hydrogen-bond donors (Lipinski definition) is 0. The largest absolute Gasteiger partial charge is 0.463 e. The zero-order valence-electron chi connectivity index (χ0n) is 14.1. The molecule has 1 aromatic heterocycles. The van der Waals surface area contributed by atoms with Crippen LogP contribution in [0.2, 0.25) is 0 Å². The van der Waals surface area contributed by atoms with E-state index >= 15 is 0 Å². The molecule has 1 aromatic carbocycles. The van der Waals surface area contributed by atoms with Crippen LogP contribution in [0.15, 0.2) is 28.9 Å². The van der Waals surface area contributed by atoms with E-state index in [-0.39, 0.29) is 11.8 Å². The Morgan fingerprint density at radius 2 is 1.79 bits per heavy atom. The molecule has 2 aromatic rings. The van der Waals surface area contributed by atoms with Gasteiger partial charge in [0.1, 0.15) is 11.8 Å². The van der Waals surface area contributed by atoms with E-state index in [1.165, 1.54) is 5.56 Å². The van der Waals surface area contributed by atoms with Crippen LogP contribution >= 0.6 is 0 Å². The van der Waals surface area contributed by atoms with Crippen LogP contribution in [0.3, 0.4) is 0 Å². The number of nitrogens with zero attached hydrogens (tertiary/aromatic N) is 2. The van der Waals surface area contributed by atoms with Gasteiger partial charge < -0.3 is 14.2 Å². The minimum atomic E-state index is 0.0470. The summed E-state index contributed by atoms with van der Waals surface area (Å²) in [5.74, 6) is 0.991. The molecule has 4 rings (SSSR count). The number of hydrogen-bond acceptors (Lipinski definition) is 3. The van der Waals surface area contributed by atoms with Gasteiger partial charge in [-0.05, 0) is 24.1 Å². The first kappa shape index (κ1) is 15.2. The molecule has 0 N–H and O–H groups in total. The Morgan fingerprint density at radius 3 is 2.42 bits per heavy atom. The summed E-state index contributed by atoms with van der Waals surface area (Å²) in [5, 5.41) is 0.904. The molecule has 2 aliphatic rings. The zero-order valence-corrected chi connectivity index (χ0v) is 14.1. The van der Waals surface area contributed by atoms with Crippen molar-refractivity contribution in [3.05, 3.63) is 35.6 Å². The summed E-state index contributed by atoms with van der Waals surface area (Å²) in [6.45, 7) is 6.73. The van der Waals surface area contributed by atoms with Gasteiger partial charge in [-0.1, -0.05) is 13.0 Å². The molecule has 24 heavy (non-hydrogen) atoms. The molecule has 2 saturated heterocycles. The van der Waals surface area contributed by atoms with Crippen LogP contribution in [-0.4, -0.2) is 47.8 Å². The Hall–Kier alpha value is -2.30. The van der Waals surface area contributed by atoms with Crippen molar-refractivity contribution in [2.75, 3.05) is 26.2 Å². The van der Waals surface area contributed by atoms with E-state index in [0.29, 0.717) is 17.4 Å². The number of aryl methyl sites for hydroxylation is 1. The molecule has 0 bridgehead atoms. The number of likely N-dealkylation sites (tertiary alicyclic amines) is 2. The molecule has 5 heteroatoms. The number of carbonyl (C=O) groups excluding carboxylic acids is 2. The number of carbonyl (C=O) groups is 2. The SMILES string of the molecule is CCc1ccc2occ(C(=O)N3C[C@H]4CN(C(C)=O)C[C@H]4C3)c2c1. The van der Waals surface area contributed by atoms with Crippen LogP contribution in [-0.2, 0) is 11.2 Å². The van der Waals surface area contributed by atoms with E-state index < -0.39 is 0 Å². The number of amides is 2. The average molecular weight is 326 g/mol. The lowest BCUT2D eigenvalue weighted by Crippen LogP contribution is -2.34. The number of benzene rings is 1. The van der Waals surface area contributed by atoms with E-state index in [9.17, 15) is 9.59 Å². The summed E-state index contributed by atoms with van der Waals surface area (Å²) < 4.78 is 5.57. The van der Waals surface area contributed by atoms with Gasteiger partial charge in [-0.2, -0.15) is 0 Å². The molecule has 0 unspecified atom stereocenters. The normalized spacial score (nSPS) is 23.1. The second kappa shape index (κ2) is 5.65. The highest BCUT2D eigenvalue weighted by Crippen LogP contribution is 2.33. The van der Waals surface area contributed by atoms with E-state index in [1.54, 1.807) is 13.2 Å². The Labute approximate surface area is 141 Å². The third-order valence-electron chi connectivity index (χ3n) is 5.50. The quantitative estimate of drug-likeness (QED) is 0.852. The van der Waals surface area contributed by atoms with E-state index in [1.807, 2.05) is 21.9 Å². The molecule has 126 valence electrons. The van der Waals surface area contributed by atoms with Gasteiger partial charge in [0.15, 0.2) is 0 Å². The van der Waals surface area contributed by atoms with Gasteiger partial charge in [0, 0.05) is 50.3 Å². The fourth-order valence-electron chi connectivity index (χ4n) is 4.05. The Bertz CT molecular complexity index is 796. The topological polar surface area (TPSA) is 53.8 Å². The van der Waals surface area contributed by atoms with Gasteiger partial charge in [0.2, 0.25) is 5.91 Å². The average Bonchev–Trinajstić information content (AvgIpc) is 3.25. The van der Waals surface area contributed by atoms with Crippen molar-refractivity contribution in [2.45, 2.75) is 20.3 Å². The zero-order chi connectivity index (χ0) is 16.8. The Morgan fingerprint density at radius 1 is 1.12 bits per heavy atom. The van der Waals surface area contributed by atoms with E-state index in [2.05, 4.69) is 13.0 Å². The van der Waals surface area contributed by atoms with Crippen LogP contribution in [0.4, 0.5) is 0 Å². The minimum absolute atomic E-state index is 0.0470. The predicted octanol–water partition coefficient (Wildman–Crippen LogP) is 2.55. The standard InChI is InChI=1S/C19H22N2O3/c1-3-13-4-5-18-16(6-13)17(11-24-18)19(23)21-9-14-7-20(12(2)22)8-15(14)10-21/h4-6,11,14-15H,3,7-10H2,1-2H3/t14-,15+. The van der Waals surface area contributed by atoms with Crippen LogP contribution in [0.25, 0.3) is 11.0 Å².